The van der Waals surface area contributed by atoms with E-state index in [9.17, 15) is 18.3 Å². The van der Waals surface area contributed by atoms with Crippen molar-refractivity contribution in [1.82, 2.24) is 20.2 Å². The molecule has 1 aliphatic carbocycles. The Morgan fingerprint density at radius 1 is 1.14 bits per heavy atom. The molecule has 3 aromatic rings. The van der Waals surface area contributed by atoms with Crippen LogP contribution in [0.3, 0.4) is 0 Å². The largest absolute Gasteiger partial charge is 0.388 e. The Bertz CT molecular complexity index is 1420. The summed E-state index contributed by atoms with van der Waals surface area (Å²) in [5.74, 6) is -5.15. The molecule has 4 heterocycles. The minimum atomic E-state index is -1.56. The second kappa shape index (κ2) is 11.8. The van der Waals surface area contributed by atoms with Gasteiger partial charge in [0.05, 0.1) is 23.7 Å². The van der Waals surface area contributed by atoms with E-state index in [2.05, 4.69) is 15.5 Å². The number of halogens is 3. The molecule has 3 aliphatic rings. The van der Waals surface area contributed by atoms with E-state index in [1.165, 1.54) is 22.6 Å². The molecule has 0 radical (unpaired) electrons. The minimum Gasteiger partial charge on any atom is -0.388 e. The van der Waals surface area contributed by atoms with Crippen LogP contribution in [-0.2, 0) is 18.9 Å². The van der Waals surface area contributed by atoms with Crippen molar-refractivity contribution >= 4 is 11.8 Å². The van der Waals surface area contributed by atoms with Crippen molar-refractivity contribution in [3.63, 3.8) is 0 Å². The van der Waals surface area contributed by atoms with Crippen molar-refractivity contribution in [2.75, 3.05) is 13.7 Å². The van der Waals surface area contributed by atoms with E-state index >= 15 is 0 Å². The molecule has 0 bridgehead atoms. The Balaban J connectivity index is 1.38. The molecule has 1 saturated carbocycles. The summed E-state index contributed by atoms with van der Waals surface area (Å²) >= 11 is 1.41. The third kappa shape index (κ3) is 5.85. The summed E-state index contributed by atoms with van der Waals surface area (Å²) in [4.78, 5) is 0. The molecule has 14 heteroatoms. The summed E-state index contributed by atoms with van der Waals surface area (Å²) in [6.45, 7) is 5.70. The maximum atomic E-state index is 14.0. The molecule has 6 atom stereocenters. The van der Waals surface area contributed by atoms with Crippen LogP contribution < -0.4 is 0 Å². The normalized spacial score (nSPS) is 29.3. The predicted molar refractivity (Wildman–Crippen MR) is 148 cm³/mol. The molecule has 43 heavy (non-hydrogen) atoms. The van der Waals surface area contributed by atoms with Crippen LogP contribution in [0.5, 0.6) is 0 Å². The van der Waals surface area contributed by atoms with E-state index in [0.29, 0.717) is 18.5 Å². The fraction of sp³-hybridized carbons (Fsp3) is 0.621. The van der Waals surface area contributed by atoms with Crippen LogP contribution in [0.2, 0.25) is 0 Å². The number of nitrogens with zero attached hydrogens (tertiary/aromatic N) is 4. The zero-order chi connectivity index (χ0) is 30.5. The van der Waals surface area contributed by atoms with Gasteiger partial charge in [0.1, 0.15) is 47.4 Å². The minimum absolute atomic E-state index is 0.0282. The van der Waals surface area contributed by atoms with Gasteiger partial charge in [-0.1, -0.05) is 29.6 Å². The van der Waals surface area contributed by atoms with E-state index in [4.69, 9.17) is 23.5 Å². The lowest BCUT2D eigenvalue weighted by Gasteiger charge is -2.51. The molecule has 234 valence electrons. The molecule has 0 unspecified atom stereocenters. The SMILES string of the molecule is CO[C@@H]1[C@@H](n2cc(-c3cc(F)c(F)c(F)c3)nn2)[C@H]2OC(C)(C)OC[C@H]2O[C@H]1S[C@H](c1nocc1C)C1(O)CCCCC1. The second-order valence-electron chi connectivity index (χ2n) is 11.9. The number of aryl methyl sites for hydroxylation is 1. The van der Waals surface area contributed by atoms with E-state index in [1.54, 1.807) is 27.2 Å². The summed E-state index contributed by atoms with van der Waals surface area (Å²) in [5, 5.41) is 24.2. The van der Waals surface area contributed by atoms with Crippen LogP contribution >= 0.6 is 11.8 Å². The van der Waals surface area contributed by atoms with Crippen molar-refractivity contribution in [3.8, 4) is 11.3 Å². The number of hydrogen-bond donors (Lipinski definition) is 1. The molecule has 1 aromatic carbocycles. The van der Waals surface area contributed by atoms with E-state index in [0.717, 1.165) is 37.0 Å². The maximum Gasteiger partial charge on any atom is 0.194 e. The molecular formula is C29H35F3N4O6S. The van der Waals surface area contributed by atoms with Crippen molar-refractivity contribution in [1.29, 1.82) is 0 Å². The highest BCUT2D eigenvalue weighted by Gasteiger charge is 2.55. The Morgan fingerprint density at radius 3 is 2.51 bits per heavy atom. The monoisotopic (exact) mass is 624 g/mol. The zero-order valence-electron chi connectivity index (χ0n) is 24.3. The summed E-state index contributed by atoms with van der Waals surface area (Å²) in [5.41, 5.74) is -0.0601. The van der Waals surface area contributed by atoms with Crippen molar-refractivity contribution < 1.29 is 41.7 Å². The molecule has 0 amide bonds. The van der Waals surface area contributed by atoms with Crippen LogP contribution in [0.4, 0.5) is 13.2 Å². The first-order valence-corrected chi connectivity index (χ1v) is 15.3. The lowest BCUT2D eigenvalue weighted by molar-refractivity contribution is -0.342. The van der Waals surface area contributed by atoms with Crippen LogP contribution in [-0.4, -0.2) is 74.1 Å². The number of aromatic nitrogens is 4. The number of methoxy groups -OCH3 is 1. The molecule has 0 spiro atoms. The van der Waals surface area contributed by atoms with Gasteiger partial charge >= 0.3 is 0 Å². The zero-order valence-corrected chi connectivity index (χ0v) is 25.2. The van der Waals surface area contributed by atoms with Gasteiger partial charge in [-0.25, -0.2) is 17.9 Å². The van der Waals surface area contributed by atoms with E-state index in [1.807, 2.05) is 6.92 Å². The first-order valence-electron chi connectivity index (χ1n) is 14.3. The van der Waals surface area contributed by atoms with Gasteiger partial charge < -0.3 is 28.6 Å². The van der Waals surface area contributed by atoms with Gasteiger partial charge in [-0.3, -0.25) is 0 Å². The smallest absolute Gasteiger partial charge is 0.194 e. The van der Waals surface area contributed by atoms with Gasteiger partial charge in [-0.05, 0) is 45.7 Å². The lowest BCUT2D eigenvalue weighted by atomic mass is 9.81. The first-order chi connectivity index (χ1) is 20.5. The van der Waals surface area contributed by atoms with Gasteiger partial charge in [0.2, 0.25) is 0 Å². The number of rotatable bonds is 7. The molecule has 1 N–H and O–H groups in total. The van der Waals surface area contributed by atoms with Gasteiger partial charge in [0.25, 0.3) is 0 Å². The van der Waals surface area contributed by atoms with E-state index < -0.39 is 63.9 Å². The summed E-state index contributed by atoms with van der Waals surface area (Å²) in [6.07, 6.45) is 5.29. The predicted octanol–water partition coefficient (Wildman–Crippen LogP) is 5.26. The van der Waals surface area contributed by atoms with Gasteiger partial charge in [-0.15, -0.1) is 16.9 Å². The molecular weight excluding hydrogens is 589 g/mol. The number of hydrogen-bond acceptors (Lipinski definition) is 10. The third-order valence-corrected chi connectivity index (χ3v) is 10.1. The number of benzene rings is 1. The fourth-order valence-electron chi connectivity index (χ4n) is 6.29. The molecule has 6 rings (SSSR count). The van der Waals surface area contributed by atoms with E-state index in [-0.39, 0.29) is 17.9 Å². The number of aliphatic hydroxyl groups is 1. The standard InChI is InChI=1S/C29H35F3N4O6S/c1-15-13-40-34-22(15)26(29(37)8-6-5-7-9-29)43-27-25(38-4)23(24-20(41-27)14-39-28(2,3)42-24)36-12-19(33-35-36)16-10-17(30)21(32)18(31)11-16/h10-13,20,23-27,37H,5-9,14H2,1-4H3/t20-,23+,24+,25-,26-,27+/m1/s1. The van der Waals surface area contributed by atoms with Gasteiger partial charge in [0, 0.05) is 18.2 Å². The highest BCUT2D eigenvalue weighted by molar-refractivity contribution is 8.00. The molecule has 2 aromatic heterocycles. The first kappa shape index (κ1) is 30.5. The topological polar surface area (TPSA) is 114 Å². The molecule has 3 fully saturated rings. The maximum absolute atomic E-state index is 14.0. The number of fused-ring (bicyclic) bond motifs is 1. The summed E-state index contributed by atoms with van der Waals surface area (Å²) in [7, 11) is 1.55. The highest BCUT2D eigenvalue weighted by Crippen LogP contribution is 2.52. The van der Waals surface area contributed by atoms with Crippen LogP contribution in [0, 0.1) is 24.4 Å². The second-order valence-corrected chi connectivity index (χ2v) is 13.1. The molecule has 2 saturated heterocycles. The van der Waals surface area contributed by atoms with Crippen LogP contribution in [0.1, 0.15) is 68.5 Å². The fourth-order valence-corrected chi connectivity index (χ4v) is 8.04. The van der Waals surface area contributed by atoms with Crippen molar-refractivity contribution in [3.05, 3.63) is 53.3 Å². The van der Waals surface area contributed by atoms with Gasteiger partial charge in [0.15, 0.2) is 23.2 Å². The van der Waals surface area contributed by atoms with Crippen LogP contribution in [0.25, 0.3) is 11.3 Å². The Labute approximate surface area is 251 Å². The Morgan fingerprint density at radius 2 is 1.86 bits per heavy atom. The van der Waals surface area contributed by atoms with Crippen molar-refractivity contribution in [2.45, 2.75) is 99.3 Å². The number of ether oxygens (including phenoxy) is 4. The quantitative estimate of drug-likeness (QED) is 0.349. The average Bonchev–Trinajstić information content (AvgIpc) is 3.63. The van der Waals surface area contributed by atoms with Crippen molar-refractivity contribution in [2.24, 2.45) is 0 Å². The summed E-state index contributed by atoms with van der Waals surface area (Å²) in [6, 6.07) is 1.12. The lowest BCUT2D eigenvalue weighted by Crippen LogP contribution is -2.62. The molecule has 10 nitrogen and oxygen atoms in total. The third-order valence-electron chi connectivity index (χ3n) is 8.51. The van der Waals surface area contributed by atoms with Crippen LogP contribution in [0.15, 0.2) is 29.1 Å². The summed E-state index contributed by atoms with van der Waals surface area (Å²) < 4.78 is 73.5. The average molecular weight is 625 g/mol. The van der Waals surface area contributed by atoms with Gasteiger partial charge in [-0.2, -0.15) is 0 Å². The highest BCUT2D eigenvalue weighted by atomic mass is 32.2. The number of thioether (sulfide) groups is 1. The Hall–Kier alpha value is -2.49. The molecule has 2 aliphatic heterocycles. The Kier molecular flexibility index (Phi) is 8.37.